The molecule has 17 heavy (non-hydrogen) atoms. The smallest absolute Gasteiger partial charge is 0.198 e. The molecular weight excluding hydrogens is 310 g/mol. The first-order chi connectivity index (χ1) is 8.04. The summed E-state index contributed by atoms with van der Waals surface area (Å²) in [6, 6.07) is 4.59. The number of hydrogen-bond acceptors (Lipinski definition) is 3. The molecule has 0 aliphatic heterocycles. The van der Waals surface area contributed by atoms with Gasteiger partial charge in [0.25, 0.3) is 0 Å². The van der Waals surface area contributed by atoms with E-state index in [1.807, 2.05) is 6.07 Å². The first-order valence-electron chi connectivity index (χ1n) is 4.56. The van der Waals surface area contributed by atoms with Crippen LogP contribution < -0.4 is 0 Å². The van der Waals surface area contributed by atoms with E-state index in [4.69, 9.17) is 21.4 Å². The second-order valence-electron chi connectivity index (χ2n) is 3.37. The summed E-state index contributed by atoms with van der Waals surface area (Å²) in [5.74, 6) is -0.156. The number of aromatic nitrogens is 1. The van der Waals surface area contributed by atoms with E-state index in [2.05, 4.69) is 21.1 Å². The van der Waals surface area contributed by atoms with Crippen LogP contribution in [0.4, 0.5) is 4.39 Å². The van der Waals surface area contributed by atoms with E-state index in [1.165, 1.54) is 12.1 Å². The van der Waals surface area contributed by atoms with E-state index in [-0.39, 0.29) is 11.5 Å². The third kappa shape index (κ3) is 2.06. The third-order valence-corrected chi connectivity index (χ3v) is 3.28. The van der Waals surface area contributed by atoms with Gasteiger partial charge in [-0.25, -0.2) is 4.39 Å². The number of rotatable bonds is 1. The SMILES string of the molecule is Cc1cc(Cl)c(-c2onc(C#N)c2Br)cc1F. The van der Waals surface area contributed by atoms with Gasteiger partial charge in [0, 0.05) is 5.56 Å². The topological polar surface area (TPSA) is 49.8 Å². The van der Waals surface area contributed by atoms with Crippen LogP contribution in [-0.2, 0) is 0 Å². The van der Waals surface area contributed by atoms with Gasteiger partial charge < -0.3 is 4.52 Å². The molecule has 0 atom stereocenters. The highest BCUT2D eigenvalue weighted by atomic mass is 79.9. The molecule has 86 valence electrons. The molecule has 0 aliphatic carbocycles. The van der Waals surface area contributed by atoms with Crippen molar-refractivity contribution in [1.29, 1.82) is 5.26 Å². The summed E-state index contributed by atoms with van der Waals surface area (Å²) in [5.41, 5.74) is 0.891. The largest absolute Gasteiger partial charge is 0.354 e. The van der Waals surface area contributed by atoms with Gasteiger partial charge in [-0.15, -0.1) is 0 Å². The molecule has 3 nitrogen and oxygen atoms in total. The second-order valence-corrected chi connectivity index (χ2v) is 4.57. The lowest BCUT2D eigenvalue weighted by Gasteiger charge is -2.03. The van der Waals surface area contributed by atoms with Crippen LogP contribution >= 0.6 is 27.5 Å². The minimum Gasteiger partial charge on any atom is -0.354 e. The number of hydrogen-bond donors (Lipinski definition) is 0. The fraction of sp³-hybridized carbons (Fsp3) is 0.0909. The summed E-state index contributed by atoms with van der Waals surface area (Å²) in [4.78, 5) is 0. The molecule has 0 spiro atoms. The molecule has 6 heteroatoms. The molecule has 1 heterocycles. The van der Waals surface area contributed by atoms with Crippen molar-refractivity contribution in [3.63, 3.8) is 0 Å². The maximum Gasteiger partial charge on any atom is 0.198 e. The van der Waals surface area contributed by atoms with Crippen molar-refractivity contribution < 1.29 is 8.91 Å². The number of nitriles is 1. The van der Waals surface area contributed by atoms with Gasteiger partial charge >= 0.3 is 0 Å². The van der Waals surface area contributed by atoms with Gasteiger partial charge in [0.05, 0.1) is 5.02 Å². The van der Waals surface area contributed by atoms with Gasteiger partial charge in [-0.2, -0.15) is 5.26 Å². The zero-order valence-electron chi connectivity index (χ0n) is 8.59. The van der Waals surface area contributed by atoms with E-state index in [9.17, 15) is 4.39 Å². The van der Waals surface area contributed by atoms with Crippen LogP contribution in [0.5, 0.6) is 0 Å². The fourth-order valence-corrected chi connectivity index (χ4v) is 2.09. The highest BCUT2D eigenvalue weighted by molar-refractivity contribution is 9.10. The standard InChI is InChI=1S/C11H5BrClFN2O/c1-5-2-7(13)6(3-8(5)14)11-10(12)9(4-15)16-17-11/h2-3H,1H3. The molecule has 1 aromatic carbocycles. The quantitative estimate of drug-likeness (QED) is 0.797. The first-order valence-corrected chi connectivity index (χ1v) is 5.73. The average Bonchev–Trinajstić information content (AvgIpc) is 2.65. The zero-order valence-corrected chi connectivity index (χ0v) is 10.9. The Balaban J connectivity index is 2.65. The van der Waals surface area contributed by atoms with E-state index in [0.29, 0.717) is 20.6 Å². The molecule has 0 amide bonds. The number of aryl methyl sites for hydroxylation is 1. The second kappa shape index (κ2) is 4.47. The highest BCUT2D eigenvalue weighted by Crippen LogP contribution is 2.36. The number of halogens is 3. The molecule has 0 bridgehead atoms. The predicted octanol–water partition coefficient (Wildman–Crippen LogP) is 4.08. The molecule has 0 fully saturated rings. The Morgan fingerprint density at radius 2 is 2.24 bits per heavy atom. The lowest BCUT2D eigenvalue weighted by Crippen LogP contribution is -1.86. The fourth-order valence-electron chi connectivity index (χ4n) is 1.34. The van der Waals surface area contributed by atoms with Crippen LogP contribution in [0.2, 0.25) is 5.02 Å². The molecule has 0 radical (unpaired) electrons. The lowest BCUT2D eigenvalue weighted by molar-refractivity contribution is 0.429. The van der Waals surface area contributed by atoms with Gasteiger partial charge in [-0.1, -0.05) is 16.8 Å². The van der Waals surface area contributed by atoms with Crippen molar-refractivity contribution in [3.05, 3.63) is 38.7 Å². The van der Waals surface area contributed by atoms with Crippen LogP contribution in [0.15, 0.2) is 21.1 Å². The molecule has 0 aliphatic rings. The Labute approximate surface area is 110 Å². The Morgan fingerprint density at radius 3 is 2.82 bits per heavy atom. The lowest BCUT2D eigenvalue weighted by atomic mass is 10.1. The summed E-state index contributed by atoms with van der Waals surface area (Å²) in [6.07, 6.45) is 0. The van der Waals surface area contributed by atoms with Crippen molar-refractivity contribution >= 4 is 27.5 Å². The van der Waals surface area contributed by atoms with Crippen molar-refractivity contribution in [1.82, 2.24) is 5.16 Å². The van der Waals surface area contributed by atoms with Gasteiger partial charge in [-0.3, -0.25) is 0 Å². The minimum absolute atomic E-state index is 0.0945. The summed E-state index contributed by atoms with van der Waals surface area (Å²) in [6.45, 7) is 1.61. The van der Waals surface area contributed by atoms with Crippen LogP contribution in [-0.4, -0.2) is 5.16 Å². The van der Waals surface area contributed by atoms with Crippen LogP contribution in [0.3, 0.4) is 0 Å². The van der Waals surface area contributed by atoms with Crippen LogP contribution in [0, 0.1) is 24.1 Å². The van der Waals surface area contributed by atoms with E-state index in [0.717, 1.165) is 0 Å². The van der Waals surface area contributed by atoms with E-state index >= 15 is 0 Å². The predicted molar refractivity (Wildman–Crippen MR) is 64.1 cm³/mol. The number of benzene rings is 1. The molecule has 1 aromatic heterocycles. The highest BCUT2D eigenvalue weighted by Gasteiger charge is 2.18. The monoisotopic (exact) mass is 314 g/mol. The van der Waals surface area contributed by atoms with Crippen molar-refractivity contribution in [3.8, 4) is 17.4 Å². The third-order valence-electron chi connectivity index (χ3n) is 2.23. The Bertz CT molecular complexity index is 633. The zero-order chi connectivity index (χ0) is 12.6. The summed E-state index contributed by atoms with van der Waals surface area (Å²) < 4.78 is 18.8. The maximum absolute atomic E-state index is 13.5. The maximum atomic E-state index is 13.5. The molecule has 0 N–H and O–H groups in total. The summed E-state index contributed by atoms with van der Waals surface area (Å²) >= 11 is 9.17. The molecule has 0 saturated carbocycles. The molecule has 2 aromatic rings. The normalized spacial score (nSPS) is 10.3. The Hall–Kier alpha value is -1.38. The van der Waals surface area contributed by atoms with Gasteiger partial charge in [0.2, 0.25) is 0 Å². The van der Waals surface area contributed by atoms with Gasteiger partial charge in [0.15, 0.2) is 11.5 Å². The Morgan fingerprint density at radius 1 is 1.53 bits per heavy atom. The summed E-state index contributed by atoms with van der Waals surface area (Å²) in [5, 5.41) is 12.6. The van der Waals surface area contributed by atoms with Crippen molar-refractivity contribution in [2.45, 2.75) is 6.92 Å². The van der Waals surface area contributed by atoms with Gasteiger partial charge in [0.1, 0.15) is 16.4 Å². The van der Waals surface area contributed by atoms with E-state index in [1.54, 1.807) is 6.92 Å². The summed E-state index contributed by atoms with van der Waals surface area (Å²) in [7, 11) is 0. The number of nitrogens with zero attached hydrogens (tertiary/aromatic N) is 2. The first kappa shape index (κ1) is 12.1. The minimum atomic E-state index is -0.397. The molecule has 0 unspecified atom stereocenters. The van der Waals surface area contributed by atoms with E-state index < -0.39 is 5.82 Å². The molecule has 2 rings (SSSR count). The van der Waals surface area contributed by atoms with Gasteiger partial charge in [-0.05, 0) is 40.5 Å². The van der Waals surface area contributed by atoms with Crippen LogP contribution in [0.1, 0.15) is 11.3 Å². The average molecular weight is 316 g/mol. The molecular formula is C11H5BrClFN2O. The Kier molecular flexibility index (Phi) is 3.18. The van der Waals surface area contributed by atoms with Crippen LogP contribution in [0.25, 0.3) is 11.3 Å². The van der Waals surface area contributed by atoms with Crippen molar-refractivity contribution in [2.24, 2.45) is 0 Å². The molecule has 0 saturated heterocycles. The van der Waals surface area contributed by atoms with Crippen molar-refractivity contribution in [2.75, 3.05) is 0 Å².